The van der Waals surface area contributed by atoms with Crippen LogP contribution in [0, 0.1) is 11.3 Å². The Morgan fingerprint density at radius 3 is 2.61 bits per heavy atom. The van der Waals surface area contributed by atoms with Gasteiger partial charge in [-0.25, -0.2) is 4.79 Å². The molecule has 0 bridgehead atoms. The standard InChI is InChI=1S/C14H26N2O2/c1-13(2,3)18-12(17)16-9-5-11(4-8-15)14(10-16)6-7-14/h11H,4-10,15H2,1-3H3. The molecule has 2 rings (SSSR count). The van der Waals surface area contributed by atoms with Crippen LogP contribution in [0.3, 0.4) is 0 Å². The fraction of sp³-hybridized carbons (Fsp3) is 0.929. The summed E-state index contributed by atoms with van der Waals surface area (Å²) < 4.78 is 5.46. The topological polar surface area (TPSA) is 55.6 Å². The third kappa shape index (κ3) is 2.97. The van der Waals surface area contributed by atoms with Gasteiger partial charge < -0.3 is 15.4 Å². The smallest absolute Gasteiger partial charge is 0.410 e. The zero-order valence-corrected chi connectivity index (χ0v) is 11.9. The number of piperidine rings is 1. The van der Waals surface area contributed by atoms with E-state index in [-0.39, 0.29) is 6.09 Å². The van der Waals surface area contributed by atoms with Crippen molar-refractivity contribution in [1.29, 1.82) is 0 Å². The molecule has 1 saturated heterocycles. The van der Waals surface area contributed by atoms with E-state index >= 15 is 0 Å². The second kappa shape index (κ2) is 4.72. The number of nitrogens with zero attached hydrogens (tertiary/aromatic N) is 1. The first kappa shape index (κ1) is 13.7. The molecule has 1 aliphatic carbocycles. The van der Waals surface area contributed by atoms with Crippen molar-refractivity contribution in [2.45, 2.75) is 52.1 Å². The van der Waals surface area contributed by atoms with Gasteiger partial charge in [-0.15, -0.1) is 0 Å². The van der Waals surface area contributed by atoms with Crippen molar-refractivity contribution in [3.05, 3.63) is 0 Å². The van der Waals surface area contributed by atoms with E-state index in [2.05, 4.69) is 0 Å². The Labute approximate surface area is 110 Å². The van der Waals surface area contributed by atoms with Gasteiger partial charge in [-0.2, -0.15) is 0 Å². The number of carbonyl (C=O) groups is 1. The maximum Gasteiger partial charge on any atom is 0.410 e. The fourth-order valence-electron chi connectivity index (χ4n) is 3.07. The van der Waals surface area contributed by atoms with Crippen LogP contribution >= 0.6 is 0 Å². The molecule has 0 aromatic heterocycles. The molecule has 1 saturated carbocycles. The number of carbonyl (C=O) groups excluding carboxylic acids is 1. The lowest BCUT2D eigenvalue weighted by atomic mass is 9.80. The zero-order valence-electron chi connectivity index (χ0n) is 11.9. The Morgan fingerprint density at radius 2 is 2.11 bits per heavy atom. The Balaban J connectivity index is 1.93. The molecule has 1 spiro atoms. The summed E-state index contributed by atoms with van der Waals surface area (Å²) in [6.45, 7) is 8.20. The van der Waals surface area contributed by atoms with Crippen LogP contribution in [-0.4, -0.2) is 36.2 Å². The third-order valence-electron chi connectivity index (χ3n) is 4.18. The molecule has 1 amide bonds. The summed E-state index contributed by atoms with van der Waals surface area (Å²) in [7, 11) is 0. The van der Waals surface area contributed by atoms with E-state index in [1.807, 2.05) is 25.7 Å². The molecule has 4 nitrogen and oxygen atoms in total. The highest BCUT2D eigenvalue weighted by Gasteiger charge is 2.52. The van der Waals surface area contributed by atoms with Crippen LogP contribution in [0.4, 0.5) is 4.79 Å². The van der Waals surface area contributed by atoms with Crippen molar-refractivity contribution in [2.75, 3.05) is 19.6 Å². The van der Waals surface area contributed by atoms with E-state index in [1.54, 1.807) is 0 Å². The summed E-state index contributed by atoms with van der Waals surface area (Å²) in [5.41, 5.74) is 5.65. The zero-order chi connectivity index (χ0) is 13.4. The van der Waals surface area contributed by atoms with Gasteiger partial charge in [0.1, 0.15) is 5.60 Å². The van der Waals surface area contributed by atoms with Crippen molar-refractivity contribution in [3.63, 3.8) is 0 Å². The van der Waals surface area contributed by atoms with Gasteiger partial charge in [0, 0.05) is 13.1 Å². The lowest BCUT2D eigenvalue weighted by Crippen LogP contribution is -2.47. The van der Waals surface area contributed by atoms with Crippen molar-refractivity contribution >= 4 is 6.09 Å². The summed E-state index contributed by atoms with van der Waals surface area (Å²) in [5, 5.41) is 0. The second-order valence-electron chi connectivity index (χ2n) is 6.83. The van der Waals surface area contributed by atoms with Crippen LogP contribution in [0.1, 0.15) is 46.5 Å². The minimum absolute atomic E-state index is 0.153. The Morgan fingerprint density at radius 1 is 1.44 bits per heavy atom. The monoisotopic (exact) mass is 254 g/mol. The van der Waals surface area contributed by atoms with Gasteiger partial charge in [0.15, 0.2) is 0 Å². The molecule has 0 aromatic carbocycles. The number of amides is 1. The number of nitrogens with two attached hydrogens (primary N) is 1. The molecular weight excluding hydrogens is 228 g/mol. The first-order chi connectivity index (χ1) is 8.36. The number of rotatable bonds is 2. The van der Waals surface area contributed by atoms with E-state index in [1.165, 1.54) is 12.8 Å². The Kier molecular flexibility index (Phi) is 3.58. The van der Waals surface area contributed by atoms with Crippen molar-refractivity contribution in [2.24, 2.45) is 17.1 Å². The molecule has 0 radical (unpaired) electrons. The number of hydrogen-bond acceptors (Lipinski definition) is 3. The van der Waals surface area contributed by atoms with Crippen molar-refractivity contribution < 1.29 is 9.53 Å². The van der Waals surface area contributed by atoms with E-state index in [4.69, 9.17) is 10.5 Å². The minimum Gasteiger partial charge on any atom is -0.444 e. The van der Waals surface area contributed by atoms with Crippen molar-refractivity contribution in [1.82, 2.24) is 4.90 Å². The highest BCUT2D eigenvalue weighted by atomic mass is 16.6. The van der Waals surface area contributed by atoms with Gasteiger partial charge in [0.05, 0.1) is 0 Å². The Hall–Kier alpha value is -0.770. The molecule has 0 aromatic rings. The molecule has 1 aliphatic heterocycles. The van der Waals surface area contributed by atoms with Crippen LogP contribution < -0.4 is 5.73 Å². The molecular formula is C14H26N2O2. The lowest BCUT2D eigenvalue weighted by molar-refractivity contribution is 0.00640. The molecule has 1 heterocycles. The van der Waals surface area contributed by atoms with Gasteiger partial charge in [-0.1, -0.05) is 0 Å². The maximum atomic E-state index is 12.1. The average molecular weight is 254 g/mol. The molecule has 104 valence electrons. The molecule has 4 heteroatoms. The first-order valence-electron chi connectivity index (χ1n) is 7.04. The summed E-state index contributed by atoms with van der Waals surface area (Å²) in [6.07, 6.45) is 4.52. The SMILES string of the molecule is CC(C)(C)OC(=O)N1CCC(CCN)C2(CC2)C1. The molecule has 2 N–H and O–H groups in total. The summed E-state index contributed by atoms with van der Waals surface area (Å²) >= 11 is 0. The predicted octanol–water partition coefficient (Wildman–Crippen LogP) is 2.37. The highest BCUT2D eigenvalue weighted by molar-refractivity contribution is 5.68. The van der Waals surface area contributed by atoms with Crippen molar-refractivity contribution in [3.8, 4) is 0 Å². The predicted molar refractivity (Wildman–Crippen MR) is 71.3 cm³/mol. The van der Waals surface area contributed by atoms with Gasteiger partial charge in [0.2, 0.25) is 0 Å². The van der Waals surface area contributed by atoms with Gasteiger partial charge in [0.25, 0.3) is 0 Å². The van der Waals surface area contributed by atoms with Crippen LogP contribution in [0.5, 0.6) is 0 Å². The van der Waals surface area contributed by atoms with E-state index in [0.29, 0.717) is 11.3 Å². The number of hydrogen-bond donors (Lipinski definition) is 1. The number of likely N-dealkylation sites (tertiary alicyclic amines) is 1. The summed E-state index contributed by atoms with van der Waals surface area (Å²) in [5.74, 6) is 0.709. The quantitative estimate of drug-likeness (QED) is 0.823. The molecule has 2 aliphatic rings. The van der Waals surface area contributed by atoms with Gasteiger partial charge in [-0.3, -0.25) is 0 Å². The van der Waals surface area contributed by atoms with E-state index in [0.717, 1.165) is 32.5 Å². The highest BCUT2D eigenvalue weighted by Crippen LogP contribution is 2.56. The molecule has 18 heavy (non-hydrogen) atoms. The molecule has 2 fully saturated rings. The number of ether oxygens (including phenoxy) is 1. The first-order valence-corrected chi connectivity index (χ1v) is 7.04. The maximum absolute atomic E-state index is 12.1. The van der Waals surface area contributed by atoms with Crippen LogP contribution in [0.15, 0.2) is 0 Å². The van der Waals surface area contributed by atoms with Crippen LogP contribution in [0.25, 0.3) is 0 Å². The molecule has 1 unspecified atom stereocenters. The van der Waals surface area contributed by atoms with Crippen LogP contribution in [0.2, 0.25) is 0 Å². The Bertz CT molecular complexity index is 318. The molecule has 1 atom stereocenters. The largest absolute Gasteiger partial charge is 0.444 e. The second-order valence-corrected chi connectivity index (χ2v) is 6.83. The lowest BCUT2D eigenvalue weighted by Gasteiger charge is -2.39. The van der Waals surface area contributed by atoms with E-state index in [9.17, 15) is 4.79 Å². The summed E-state index contributed by atoms with van der Waals surface area (Å²) in [4.78, 5) is 14.0. The van der Waals surface area contributed by atoms with Gasteiger partial charge in [-0.05, 0) is 64.3 Å². The van der Waals surface area contributed by atoms with Gasteiger partial charge >= 0.3 is 6.09 Å². The fourth-order valence-corrected chi connectivity index (χ4v) is 3.07. The normalized spacial score (nSPS) is 26.2. The average Bonchev–Trinajstić information content (AvgIpc) is 3.00. The van der Waals surface area contributed by atoms with E-state index < -0.39 is 5.60 Å². The summed E-state index contributed by atoms with van der Waals surface area (Å²) in [6, 6.07) is 0. The van der Waals surface area contributed by atoms with Crippen LogP contribution in [-0.2, 0) is 4.74 Å². The third-order valence-corrected chi connectivity index (χ3v) is 4.18. The minimum atomic E-state index is -0.401.